The zero-order valence-electron chi connectivity index (χ0n) is 20.7. The molecule has 35 heavy (non-hydrogen) atoms. The number of carbonyl (C=O) groups is 1. The van der Waals surface area contributed by atoms with Gasteiger partial charge in [0.1, 0.15) is 5.60 Å². The number of nitriles is 1. The number of carbonyl (C=O) groups excluding carboxylic acids is 1. The van der Waals surface area contributed by atoms with E-state index in [0.717, 1.165) is 22.3 Å². The smallest absolute Gasteiger partial charge is 0.411 e. The molecular formula is C29H31N3O3. The van der Waals surface area contributed by atoms with Crippen molar-refractivity contribution in [2.75, 3.05) is 6.54 Å². The first-order chi connectivity index (χ1) is 16.6. The Morgan fingerprint density at radius 1 is 1.03 bits per heavy atom. The topological polar surface area (TPSA) is 75.3 Å². The zero-order chi connectivity index (χ0) is 25.2. The molecule has 1 aliphatic rings. The molecule has 1 amide bonds. The second-order valence-corrected chi connectivity index (χ2v) is 10.0. The lowest BCUT2D eigenvalue weighted by atomic mass is 9.75. The van der Waals surface area contributed by atoms with Crippen LogP contribution in [0.5, 0.6) is 0 Å². The Morgan fingerprint density at radius 3 is 2.29 bits per heavy atom. The van der Waals surface area contributed by atoms with Crippen molar-refractivity contribution in [3.63, 3.8) is 0 Å². The van der Waals surface area contributed by atoms with Crippen LogP contribution in [0.4, 0.5) is 4.79 Å². The lowest BCUT2D eigenvalue weighted by molar-refractivity contribution is -0.0770. The molecule has 0 spiro atoms. The maximum absolute atomic E-state index is 13.3. The number of ether oxygens (including phenoxy) is 1. The molecule has 2 aromatic carbocycles. The van der Waals surface area contributed by atoms with Crippen molar-refractivity contribution < 1.29 is 9.53 Å². The Kier molecular flexibility index (Phi) is 6.53. The zero-order valence-corrected chi connectivity index (χ0v) is 20.7. The van der Waals surface area contributed by atoms with Crippen molar-refractivity contribution in [2.45, 2.75) is 45.3 Å². The van der Waals surface area contributed by atoms with Crippen LogP contribution >= 0.6 is 0 Å². The van der Waals surface area contributed by atoms with Crippen molar-refractivity contribution >= 4 is 6.09 Å². The molecule has 1 fully saturated rings. The number of cyclic esters (lactones) is 1. The van der Waals surface area contributed by atoms with E-state index in [4.69, 9.17) is 4.74 Å². The van der Waals surface area contributed by atoms with E-state index < -0.39 is 11.0 Å². The molecule has 6 nitrogen and oxygen atoms in total. The molecule has 0 radical (unpaired) electrons. The quantitative estimate of drug-likeness (QED) is 0.458. The average Bonchev–Trinajstić information content (AvgIpc) is 2.86. The summed E-state index contributed by atoms with van der Waals surface area (Å²) >= 11 is 0. The first-order valence-electron chi connectivity index (χ1n) is 11.9. The minimum Gasteiger partial charge on any atom is -0.438 e. The fraction of sp³-hybridized carbons (Fsp3) is 0.345. The van der Waals surface area contributed by atoms with Crippen LogP contribution in [0.2, 0.25) is 0 Å². The standard InChI is InChI=1S/C29H31N3O3/c1-21(22-10-12-23(13-11-22)24-14-15-26(33)31(4)18-24)32-17-16-29(35-27(32)34,19-28(2,3)20-30)25-8-6-5-7-9-25/h5-15,18,21H,16-17,19H2,1-4H3/t21?,29-/m0/s1. The first kappa shape index (κ1) is 24.3. The number of benzene rings is 2. The van der Waals surface area contributed by atoms with E-state index in [-0.39, 0.29) is 17.7 Å². The lowest BCUT2D eigenvalue weighted by Gasteiger charge is -2.45. The summed E-state index contributed by atoms with van der Waals surface area (Å²) < 4.78 is 7.73. The van der Waals surface area contributed by atoms with E-state index in [1.165, 1.54) is 0 Å². The Balaban J connectivity index is 1.55. The summed E-state index contributed by atoms with van der Waals surface area (Å²) in [4.78, 5) is 26.7. The molecule has 180 valence electrons. The predicted octanol–water partition coefficient (Wildman–Crippen LogP) is 5.79. The van der Waals surface area contributed by atoms with Crippen molar-refractivity contribution in [1.82, 2.24) is 9.47 Å². The third-order valence-electron chi connectivity index (χ3n) is 6.88. The SMILES string of the molecule is CC(c1ccc(-c2ccc(=O)n(C)c2)cc1)N1CC[C@](CC(C)(C)C#N)(c2ccccc2)OC1=O. The summed E-state index contributed by atoms with van der Waals surface area (Å²) in [7, 11) is 1.73. The normalized spacial score (nSPS) is 19.1. The molecule has 2 atom stereocenters. The highest BCUT2D eigenvalue weighted by molar-refractivity contribution is 5.70. The van der Waals surface area contributed by atoms with Gasteiger partial charge in [-0.2, -0.15) is 5.26 Å². The van der Waals surface area contributed by atoms with E-state index in [0.29, 0.717) is 19.4 Å². The van der Waals surface area contributed by atoms with Crippen molar-refractivity contribution in [2.24, 2.45) is 12.5 Å². The van der Waals surface area contributed by atoms with Gasteiger partial charge in [0.05, 0.1) is 17.5 Å². The Bertz CT molecular complexity index is 1310. The highest BCUT2D eigenvalue weighted by Crippen LogP contribution is 2.44. The number of pyridine rings is 1. The molecule has 0 aliphatic carbocycles. The molecule has 1 aromatic heterocycles. The van der Waals surface area contributed by atoms with Crippen molar-refractivity contribution in [3.05, 3.63) is 94.4 Å². The van der Waals surface area contributed by atoms with Crippen molar-refractivity contribution in [1.29, 1.82) is 5.26 Å². The van der Waals surface area contributed by atoms with E-state index >= 15 is 0 Å². The van der Waals surface area contributed by atoms with E-state index in [1.807, 2.05) is 87.6 Å². The van der Waals surface area contributed by atoms with E-state index in [2.05, 4.69) is 6.07 Å². The summed E-state index contributed by atoms with van der Waals surface area (Å²) in [6.45, 7) is 6.29. The molecule has 0 N–H and O–H groups in total. The van der Waals surface area contributed by atoms with E-state index in [1.54, 1.807) is 22.6 Å². The van der Waals surface area contributed by atoms with Gasteiger partial charge in [-0.15, -0.1) is 0 Å². The third-order valence-corrected chi connectivity index (χ3v) is 6.88. The monoisotopic (exact) mass is 469 g/mol. The number of rotatable bonds is 6. The third kappa shape index (κ3) is 5.00. The molecule has 2 heterocycles. The van der Waals surface area contributed by atoms with Gasteiger partial charge in [0, 0.05) is 38.7 Å². The summed E-state index contributed by atoms with van der Waals surface area (Å²) in [6.07, 6.45) is 2.48. The van der Waals surface area contributed by atoms with Gasteiger partial charge in [-0.05, 0) is 49.1 Å². The van der Waals surface area contributed by atoms with Gasteiger partial charge in [-0.3, -0.25) is 4.79 Å². The second kappa shape index (κ2) is 9.42. The minimum absolute atomic E-state index is 0.0488. The number of nitrogens with zero attached hydrogens (tertiary/aromatic N) is 3. The van der Waals surface area contributed by atoms with E-state index in [9.17, 15) is 14.9 Å². The minimum atomic E-state index is -0.832. The van der Waals surface area contributed by atoms with Crippen LogP contribution in [0.25, 0.3) is 11.1 Å². The molecule has 1 aliphatic heterocycles. The molecular weight excluding hydrogens is 438 g/mol. The van der Waals surface area contributed by atoms with Crippen LogP contribution in [0.3, 0.4) is 0 Å². The Hall–Kier alpha value is -3.85. The van der Waals surface area contributed by atoms with Crippen LogP contribution in [-0.2, 0) is 17.4 Å². The summed E-state index contributed by atoms with van der Waals surface area (Å²) in [5, 5.41) is 9.66. The van der Waals surface area contributed by atoms with Gasteiger partial charge in [0.15, 0.2) is 0 Å². The fourth-order valence-corrected chi connectivity index (χ4v) is 4.84. The van der Waals surface area contributed by atoms with Gasteiger partial charge in [0.2, 0.25) is 5.56 Å². The maximum atomic E-state index is 13.3. The number of hydrogen-bond donors (Lipinski definition) is 0. The second-order valence-electron chi connectivity index (χ2n) is 10.0. The fourth-order valence-electron chi connectivity index (χ4n) is 4.84. The number of amides is 1. The first-order valence-corrected chi connectivity index (χ1v) is 11.9. The maximum Gasteiger partial charge on any atom is 0.411 e. The summed E-state index contributed by atoms with van der Waals surface area (Å²) in [5.41, 5.74) is 2.36. The van der Waals surface area contributed by atoms with Crippen LogP contribution in [0.15, 0.2) is 77.7 Å². The van der Waals surface area contributed by atoms with Crippen LogP contribution < -0.4 is 5.56 Å². The summed E-state index contributed by atoms with van der Waals surface area (Å²) in [5.74, 6) is 0. The van der Waals surface area contributed by atoms with Gasteiger partial charge >= 0.3 is 6.09 Å². The number of aryl methyl sites for hydroxylation is 1. The van der Waals surface area contributed by atoms with Crippen LogP contribution in [0.1, 0.15) is 50.8 Å². The molecule has 4 rings (SSSR count). The van der Waals surface area contributed by atoms with Gasteiger partial charge < -0.3 is 14.2 Å². The number of hydrogen-bond acceptors (Lipinski definition) is 4. The Labute approximate surface area is 206 Å². The summed E-state index contributed by atoms with van der Waals surface area (Å²) in [6, 6.07) is 23.3. The molecule has 0 saturated carbocycles. The molecule has 0 bridgehead atoms. The molecule has 1 saturated heterocycles. The molecule has 6 heteroatoms. The van der Waals surface area contributed by atoms with Gasteiger partial charge in [0.25, 0.3) is 0 Å². The highest BCUT2D eigenvalue weighted by atomic mass is 16.6. The lowest BCUT2D eigenvalue weighted by Crippen LogP contribution is -2.50. The molecule has 3 aromatic rings. The van der Waals surface area contributed by atoms with Crippen molar-refractivity contribution in [3.8, 4) is 17.2 Å². The van der Waals surface area contributed by atoms with Gasteiger partial charge in [-0.1, -0.05) is 54.6 Å². The average molecular weight is 470 g/mol. The highest BCUT2D eigenvalue weighted by Gasteiger charge is 2.46. The van der Waals surface area contributed by atoms with Crippen LogP contribution in [0, 0.1) is 16.7 Å². The predicted molar refractivity (Wildman–Crippen MR) is 135 cm³/mol. The largest absolute Gasteiger partial charge is 0.438 e. The number of aromatic nitrogens is 1. The Morgan fingerprint density at radius 2 is 1.69 bits per heavy atom. The van der Waals surface area contributed by atoms with Crippen LogP contribution in [-0.4, -0.2) is 22.1 Å². The molecule has 1 unspecified atom stereocenters. The van der Waals surface area contributed by atoms with Gasteiger partial charge in [-0.25, -0.2) is 4.79 Å².